The summed E-state index contributed by atoms with van der Waals surface area (Å²) in [6.45, 7) is 6.82. The van der Waals surface area contributed by atoms with Crippen LogP contribution in [0.4, 0.5) is 5.95 Å². The molecule has 0 unspecified atom stereocenters. The number of carbonyl (C=O) groups excluding carboxylic acids is 1. The number of aromatic nitrogens is 2. The maximum Gasteiger partial charge on any atom is 0.255 e. The summed E-state index contributed by atoms with van der Waals surface area (Å²) < 4.78 is 0. The van der Waals surface area contributed by atoms with Crippen LogP contribution in [0.2, 0.25) is 0 Å². The van der Waals surface area contributed by atoms with Crippen molar-refractivity contribution in [1.29, 1.82) is 0 Å². The summed E-state index contributed by atoms with van der Waals surface area (Å²) in [7, 11) is 2.10. The molecule has 3 heterocycles. The van der Waals surface area contributed by atoms with E-state index in [1.165, 1.54) is 0 Å². The Bertz CT molecular complexity index is 634. The van der Waals surface area contributed by atoms with Crippen LogP contribution in [-0.2, 0) is 17.6 Å². The lowest BCUT2D eigenvalue weighted by atomic mass is 10.1. The molecule has 0 aromatic carbocycles. The third-order valence-electron chi connectivity index (χ3n) is 4.80. The van der Waals surface area contributed by atoms with Crippen LogP contribution in [0.15, 0.2) is 4.79 Å². The van der Waals surface area contributed by atoms with Gasteiger partial charge in [-0.3, -0.25) is 14.6 Å². The van der Waals surface area contributed by atoms with Crippen LogP contribution in [-0.4, -0.2) is 72.0 Å². The molecule has 1 saturated heterocycles. The summed E-state index contributed by atoms with van der Waals surface area (Å²) >= 11 is 0. The first-order chi connectivity index (χ1) is 11.1. The van der Waals surface area contributed by atoms with Gasteiger partial charge in [-0.15, -0.1) is 0 Å². The molecule has 126 valence electrons. The quantitative estimate of drug-likeness (QED) is 0.821. The lowest BCUT2D eigenvalue weighted by molar-refractivity contribution is -0.130. The molecule has 0 aliphatic carbocycles. The number of hydrogen-bond donors (Lipinski definition) is 1. The number of aromatic amines is 1. The van der Waals surface area contributed by atoms with Gasteiger partial charge in [0, 0.05) is 57.7 Å². The Morgan fingerprint density at radius 2 is 1.83 bits per heavy atom. The second kappa shape index (κ2) is 6.70. The van der Waals surface area contributed by atoms with Crippen molar-refractivity contribution in [3.05, 3.63) is 21.6 Å². The molecule has 1 aromatic rings. The topological polar surface area (TPSA) is 72.5 Å². The number of nitrogens with one attached hydrogen (secondary N) is 1. The van der Waals surface area contributed by atoms with E-state index in [-0.39, 0.29) is 11.5 Å². The monoisotopic (exact) mass is 319 g/mol. The van der Waals surface area contributed by atoms with Gasteiger partial charge in [-0.1, -0.05) is 6.92 Å². The van der Waals surface area contributed by atoms with E-state index in [0.717, 1.165) is 37.4 Å². The highest BCUT2D eigenvalue weighted by Crippen LogP contribution is 2.15. The minimum Gasteiger partial charge on any atom is -0.342 e. The van der Waals surface area contributed by atoms with Crippen molar-refractivity contribution >= 4 is 11.9 Å². The molecule has 0 bridgehead atoms. The minimum atomic E-state index is -0.0466. The van der Waals surface area contributed by atoms with Gasteiger partial charge in [-0.25, -0.2) is 4.98 Å². The number of fused-ring (bicyclic) bond motifs is 1. The first kappa shape index (κ1) is 16.0. The van der Waals surface area contributed by atoms with Gasteiger partial charge >= 0.3 is 0 Å². The number of amides is 1. The Labute approximate surface area is 136 Å². The Morgan fingerprint density at radius 3 is 2.52 bits per heavy atom. The molecule has 1 aromatic heterocycles. The van der Waals surface area contributed by atoms with Crippen molar-refractivity contribution in [3.8, 4) is 0 Å². The van der Waals surface area contributed by atoms with E-state index >= 15 is 0 Å². The average Bonchev–Trinajstić information content (AvgIpc) is 2.78. The summed E-state index contributed by atoms with van der Waals surface area (Å²) in [6.07, 6.45) is 1.75. The molecule has 2 aliphatic rings. The molecular formula is C16H25N5O2. The van der Waals surface area contributed by atoms with E-state index < -0.39 is 0 Å². The molecule has 0 atom stereocenters. The minimum absolute atomic E-state index is 0.0466. The molecule has 7 heteroatoms. The highest BCUT2D eigenvalue weighted by atomic mass is 16.2. The second-order valence-electron chi connectivity index (χ2n) is 6.34. The lowest BCUT2D eigenvalue weighted by Crippen LogP contribution is -2.45. The van der Waals surface area contributed by atoms with E-state index in [4.69, 9.17) is 4.98 Å². The van der Waals surface area contributed by atoms with Gasteiger partial charge in [0.15, 0.2) is 0 Å². The number of carbonyl (C=O) groups is 1. The Hall–Kier alpha value is -1.89. The largest absolute Gasteiger partial charge is 0.342 e. The van der Waals surface area contributed by atoms with Crippen LogP contribution >= 0.6 is 0 Å². The molecule has 23 heavy (non-hydrogen) atoms. The van der Waals surface area contributed by atoms with Crippen molar-refractivity contribution in [2.24, 2.45) is 0 Å². The van der Waals surface area contributed by atoms with Crippen LogP contribution < -0.4 is 10.5 Å². The highest BCUT2D eigenvalue weighted by molar-refractivity contribution is 5.75. The van der Waals surface area contributed by atoms with Crippen molar-refractivity contribution in [1.82, 2.24) is 19.8 Å². The smallest absolute Gasteiger partial charge is 0.255 e. The van der Waals surface area contributed by atoms with Crippen LogP contribution in [0.1, 0.15) is 24.6 Å². The van der Waals surface area contributed by atoms with Crippen LogP contribution in [0.5, 0.6) is 0 Å². The van der Waals surface area contributed by atoms with E-state index in [2.05, 4.69) is 21.8 Å². The molecule has 0 radical (unpaired) electrons. The molecule has 1 N–H and O–H groups in total. The lowest BCUT2D eigenvalue weighted by Gasteiger charge is -2.32. The van der Waals surface area contributed by atoms with E-state index in [1.807, 2.05) is 11.8 Å². The van der Waals surface area contributed by atoms with E-state index in [9.17, 15) is 9.59 Å². The maximum absolute atomic E-state index is 12.5. The van der Waals surface area contributed by atoms with Gasteiger partial charge in [-0.05, 0) is 13.5 Å². The zero-order valence-electron chi connectivity index (χ0n) is 14.0. The molecule has 7 nitrogen and oxygen atoms in total. The Kier molecular flexibility index (Phi) is 4.66. The SMILES string of the molecule is CCC(=O)N1CCc2nc(N3CCN(C)CC3)[nH]c(=O)c2CC1. The fourth-order valence-electron chi connectivity index (χ4n) is 3.24. The van der Waals surface area contributed by atoms with Gasteiger partial charge in [0.05, 0.1) is 5.69 Å². The molecule has 2 aliphatic heterocycles. The summed E-state index contributed by atoms with van der Waals surface area (Å²) in [6, 6.07) is 0. The third-order valence-corrected chi connectivity index (χ3v) is 4.80. The first-order valence-electron chi connectivity index (χ1n) is 8.42. The van der Waals surface area contributed by atoms with Gasteiger partial charge in [0.1, 0.15) is 0 Å². The van der Waals surface area contributed by atoms with E-state index in [0.29, 0.717) is 38.3 Å². The molecule has 3 rings (SSSR count). The normalized spacial score (nSPS) is 19.4. The molecule has 1 fully saturated rings. The summed E-state index contributed by atoms with van der Waals surface area (Å²) in [4.78, 5) is 38.3. The first-order valence-corrected chi connectivity index (χ1v) is 8.42. The van der Waals surface area contributed by atoms with Crippen molar-refractivity contribution in [3.63, 3.8) is 0 Å². The van der Waals surface area contributed by atoms with Gasteiger partial charge in [0.25, 0.3) is 5.56 Å². The third kappa shape index (κ3) is 3.39. The van der Waals surface area contributed by atoms with Crippen molar-refractivity contribution in [2.45, 2.75) is 26.2 Å². The highest BCUT2D eigenvalue weighted by Gasteiger charge is 2.23. The van der Waals surface area contributed by atoms with Crippen LogP contribution in [0.3, 0.4) is 0 Å². The number of H-pyrrole nitrogens is 1. The number of piperazine rings is 1. The second-order valence-corrected chi connectivity index (χ2v) is 6.34. The molecule has 0 saturated carbocycles. The van der Waals surface area contributed by atoms with Crippen LogP contribution in [0.25, 0.3) is 0 Å². The van der Waals surface area contributed by atoms with Crippen molar-refractivity contribution in [2.75, 3.05) is 51.2 Å². The molecule has 0 spiro atoms. The Morgan fingerprint density at radius 1 is 1.13 bits per heavy atom. The number of rotatable bonds is 2. The number of anilines is 1. The van der Waals surface area contributed by atoms with Crippen LogP contribution in [0, 0.1) is 0 Å². The fraction of sp³-hybridized carbons (Fsp3) is 0.688. The van der Waals surface area contributed by atoms with E-state index in [1.54, 1.807) is 0 Å². The molecule has 1 amide bonds. The maximum atomic E-state index is 12.5. The summed E-state index contributed by atoms with van der Waals surface area (Å²) in [5.41, 5.74) is 1.55. The number of likely N-dealkylation sites (N-methyl/N-ethyl adjacent to an activating group) is 1. The summed E-state index contributed by atoms with van der Waals surface area (Å²) in [5, 5.41) is 0. The number of hydrogen-bond acceptors (Lipinski definition) is 5. The van der Waals surface area contributed by atoms with Crippen molar-refractivity contribution < 1.29 is 4.79 Å². The Balaban J connectivity index is 1.81. The number of nitrogens with zero attached hydrogens (tertiary/aromatic N) is 4. The van der Waals surface area contributed by atoms with Gasteiger partial charge in [0.2, 0.25) is 11.9 Å². The standard InChI is InChI=1S/C16H25N5O2/c1-3-14(22)20-6-4-12-13(5-7-20)17-16(18-15(12)23)21-10-8-19(2)9-11-21/h3-11H2,1-2H3,(H,17,18,23). The zero-order valence-corrected chi connectivity index (χ0v) is 14.0. The molecular weight excluding hydrogens is 294 g/mol. The zero-order chi connectivity index (χ0) is 16.4. The predicted molar refractivity (Wildman–Crippen MR) is 88.8 cm³/mol. The fourth-order valence-corrected chi connectivity index (χ4v) is 3.24. The van der Waals surface area contributed by atoms with Gasteiger partial charge in [-0.2, -0.15) is 0 Å². The summed E-state index contributed by atoms with van der Waals surface area (Å²) in [5.74, 6) is 0.825. The average molecular weight is 319 g/mol. The van der Waals surface area contributed by atoms with Gasteiger partial charge < -0.3 is 14.7 Å². The predicted octanol–water partition coefficient (Wildman–Crippen LogP) is -0.141.